The average Bonchev–Trinajstić information content (AvgIpc) is 3.08. The van der Waals surface area contributed by atoms with E-state index in [1.54, 1.807) is 0 Å². The van der Waals surface area contributed by atoms with Crippen LogP contribution in [0.2, 0.25) is 0 Å². The molecule has 4 heteroatoms. The van der Waals surface area contributed by atoms with Gasteiger partial charge in [-0.05, 0) is 48.8 Å². The van der Waals surface area contributed by atoms with E-state index in [1.165, 1.54) is 18.4 Å². The van der Waals surface area contributed by atoms with Crippen LogP contribution >= 0.6 is 0 Å². The first-order chi connectivity index (χ1) is 10.1. The van der Waals surface area contributed by atoms with Gasteiger partial charge in [0.05, 0.1) is 19.3 Å². The van der Waals surface area contributed by atoms with Gasteiger partial charge in [-0.3, -0.25) is 9.78 Å². The van der Waals surface area contributed by atoms with Gasteiger partial charge in [0.2, 0.25) is 5.91 Å². The average molecular weight is 288 g/mol. The molecule has 1 N–H and O–H groups in total. The Labute approximate surface area is 126 Å². The third kappa shape index (κ3) is 4.03. The minimum atomic E-state index is 0.151. The molecule has 4 nitrogen and oxygen atoms in total. The van der Waals surface area contributed by atoms with Gasteiger partial charge in [0, 0.05) is 24.7 Å². The first-order valence-corrected chi connectivity index (χ1v) is 7.91. The summed E-state index contributed by atoms with van der Waals surface area (Å²) in [6.07, 6.45) is 8.78. The number of ether oxygens (including phenoxy) is 1. The number of rotatable bonds is 6. The van der Waals surface area contributed by atoms with Crippen molar-refractivity contribution >= 4 is 5.91 Å². The van der Waals surface area contributed by atoms with Gasteiger partial charge in [-0.1, -0.05) is 6.92 Å². The monoisotopic (exact) mass is 288 g/mol. The molecule has 21 heavy (non-hydrogen) atoms. The number of hydrogen-bond donors (Lipinski definition) is 1. The maximum absolute atomic E-state index is 12.1. The summed E-state index contributed by atoms with van der Waals surface area (Å²) in [5, 5.41) is 3.17. The van der Waals surface area contributed by atoms with Crippen LogP contribution in [0.1, 0.15) is 38.2 Å². The number of nitrogens with one attached hydrogen (secondary N) is 1. The van der Waals surface area contributed by atoms with Gasteiger partial charge < -0.3 is 10.1 Å². The van der Waals surface area contributed by atoms with Gasteiger partial charge in [0.15, 0.2) is 0 Å². The normalized spacial score (nSPS) is 26.5. The zero-order valence-electron chi connectivity index (χ0n) is 12.7. The van der Waals surface area contributed by atoms with Crippen LogP contribution < -0.4 is 5.32 Å². The predicted octanol–water partition coefficient (Wildman–Crippen LogP) is 2.34. The van der Waals surface area contributed by atoms with Gasteiger partial charge in [-0.15, -0.1) is 0 Å². The number of hydrogen-bond acceptors (Lipinski definition) is 3. The second-order valence-electron chi connectivity index (χ2n) is 6.84. The largest absolute Gasteiger partial charge is 0.379 e. The molecule has 0 aromatic carbocycles. The molecule has 1 aromatic rings. The van der Waals surface area contributed by atoms with Crippen molar-refractivity contribution < 1.29 is 9.53 Å². The highest BCUT2D eigenvalue weighted by Crippen LogP contribution is 2.48. The molecule has 1 aliphatic heterocycles. The molecular weight excluding hydrogens is 264 g/mol. The third-order valence-electron chi connectivity index (χ3n) is 4.85. The van der Waals surface area contributed by atoms with Crippen LogP contribution in [0.5, 0.6) is 0 Å². The second-order valence-corrected chi connectivity index (χ2v) is 6.84. The van der Waals surface area contributed by atoms with Gasteiger partial charge in [0.25, 0.3) is 0 Å². The Balaban J connectivity index is 1.48. The van der Waals surface area contributed by atoms with Crippen molar-refractivity contribution in [3.05, 3.63) is 30.1 Å². The fourth-order valence-corrected chi connectivity index (χ4v) is 2.94. The lowest BCUT2D eigenvalue weighted by molar-refractivity contribution is -0.122. The molecule has 114 valence electrons. The van der Waals surface area contributed by atoms with E-state index in [-0.39, 0.29) is 11.9 Å². The summed E-state index contributed by atoms with van der Waals surface area (Å²) in [5.41, 5.74) is 1.70. The molecule has 2 heterocycles. The highest BCUT2D eigenvalue weighted by molar-refractivity contribution is 5.76. The number of pyridine rings is 1. The Kier molecular flexibility index (Phi) is 4.24. The standard InChI is InChI=1S/C17H24N2O2/c1-17(6-7-17)5-2-16(20)19-15-12-21-11-14(15)10-13-3-8-18-9-4-13/h3-4,8-9,14-15H,2,5-7,10-12H2,1H3,(H,19,20)/t14-,15+/m1/s1. The van der Waals surface area contributed by atoms with Gasteiger partial charge in [0.1, 0.15) is 0 Å². The van der Waals surface area contributed by atoms with Crippen LogP contribution in [0, 0.1) is 11.3 Å². The molecule has 1 amide bonds. The molecule has 2 aliphatic rings. The summed E-state index contributed by atoms with van der Waals surface area (Å²) in [6, 6.07) is 4.22. The van der Waals surface area contributed by atoms with Crippen molar-refractivity contribution in [2.45, 2.75) is 45.1 Å². The fraction of sp³-hybridized carbons (Fsp3) is 0.647. The van der Waals surface area contributed by atoms with Crippen molar-refractivity contribution in [3.8, 4) is 0 Å². The van der Waals surface area contributed by atoms with Crippen LogP contribution in [-0.2, 0) is 16.0 Å². The van der Waals surface area contributed by atoms with Crippen LogP contribution in [0.4, 0.5) is 0 Å². The molecule has 2 atom stereocenters. The van der Waals surface area contributed by atoms with E-state index in [1.807, 2.05) is 24.5 Å². The maximum Gasteiger partial charge on any atom is 0.220 e. The second kappa shape index (κ2) is 6.14. The van der Waals surface area contributed by atoms with Crippen molar-refractivity contribution in [1.29, 1.82) is 0 Å². The molecule has 1 aliphatic carbocycles. The van der Waals surface area contributed by atoms with Crippen molar-refractivity contribution in [2.24, 2.45) is 11.3 Å². The quantitative estimate of drug-likeness (QED) is 0.874. The zero-order chi connectivity index (χ0) is 14.7. The minimum Gasteiger partial charge on any atom is -0.379 e. The Bertz CT molecular complexity index is 485. The Hall–Kier alpha value is -1.42. The summed E-state index contributed by atoms with van der Waals surface area (Å²) in [7, 11) is 0. The van der Waals surface area contributed by atoms with E-state index >= 15 is 0 Å². The SMILES string of the molecule is CC1(CCC(=O)N[C@H]2COC[C@H]2Cc2ccncc2)CC1. The minimum absolute atomic E-state index is 0.151. The van der Waals surface area contributed by atoms with Gasteiger partial charge >= 0.3 is 0 Å². The summed E-state index contributed by atoms with van der Waals surface area (Å²) in [6.45, 7) is 3.63. The molecule has 0 radical (unpaired) electrons. The van der Waals surface area contributed by atoms with E-state index in [9.17, 15) is 4.79 Å². The molecule has 1 saturated heterocycles. The van der Waals surface area contributed by atoms with Crippen LogP contribution in [0.15, 0.2) is 24.5 Å². The van der Waals surface area contributed by atoms with Crippen molar-refractivity contribution in [1.82, 2.24) is 10.3 Å². The van der Waals surface area contributed by atoms with E-state index in [0.717, 1.165) is 19.4 Å². The van der Waals surface area contributed by atoms with Crippen molar-refractivity contribution in [2.75, 3.05) is 13.2 Å². The smallest absolute Gasteiger partial charge is 0.220 e. The molecule has 0 bridgehead atoms. The van der Waals surface area contributed by atoms with Crippen LogP contribution in [0.3, 0.4) is 0 Å². The highest BCUT2D eigenvalue weighted by Gasteiger charge is 2.37. The summed E-state index contributed by atoms with van der Waals surface area (Å²) in [5.74, 6) is 0.547. The van der Waals surface area contributed by atoms with E-state index in [0.29, 0.717) is 24.4 Å². The molecule has 3 rings (SSSR count). The first-order valence-electron chi connectivity index (χ1n) is 7.91. The molecule has 0 unspecified atom stereocenters. The highest BCUT2D eigenvalue weighted by atomic mass is 16.5. The zero-order valence-corrected chi connectivity index (χ0v) is 12.7. The lowest BCUT2D eigenvalue weighted by Gasteiger charge is -2.19. The van der Waals surface area contributed by atoms with Gasteiger partial charge in [-0.25, -0.2) is 0 Å². The van der Waals surface area contributed by atoms with Crippen molar-refractivity contribution in [3.63, 3.8) is 0 Å². The Morgan fingerprint density at radius 2 is 2.14 bits per heavy atom. The van der Waals surface area contributed by atoms with E-state index in [2.05, 4.69) is 17.2 Å². The lowest BCUT2D eigenvalue weighted by atomic mass is 9.95. The maximum atomic E-state index is 12.1. The first kappa shape index (κ1) is 14.5. The molecule has 0 spiro atoms. The topological polar surface area (TPSA) is 51.2 Å². The molecule has 1 saturated carbocycles. The summed E-state index contributed by atoms with van der Waals surface area (Å²) < 4.78 is 5.57. The number of amides is 1. The summed E-state index contributed by atoms with van der Waals surface area (Å²) in [4.78, 5) is 16.1. The number of nitrogens with zero attached hydrogens (tertiary/aromatic N) is 1. The molecule has 2 fully saturated rings. The van der Waals surface area contributed by atoms with E-state index < -0.39 is 0 Å². The fourth-order valence-electron chi connectivity index (χ4n) is 2.94. The third-order valence-corrected chi connectivity index (χ3v) is 4.85. The Morgan fingerprint density at radius 3 is 2.86 bits per heavy atom. The number of aromatic nitrogens is 1. The lowest BCUT2D eigenvalue weighted by Crippen LogP contribution is -2.40. The summed E-state index contributed by atoms with van der Waals surface area (Å²) >= 11 is 0. The van der Waals surface area contributed by atoms with Gasteiger partial charge in [-0.2, -0.15) is 0 Å². The molecular formula is C17H24N2O2. The number of carbonyl (C=O) groups excluding carboxylic acids is 1. The molecule has 1 aromatic heterocycles. The van der Waals surface area contributed by atoms with Crippen LogP contribution in [-0.4, -0.2) is 30.1 Å². The van der Waals surface area contributed by atoms with Crippen LogP contribution in [0.25, 0.3) is 0 Å². The predicted molar refractivity (Wildman–Crippen MR) is 80.8 cm³/mol. The Morgan fingerprint density at radius 1 is 1.38 bits per heavy atom. The van der Waals surface area contributed by atoms with E-state index in [4.69, 9.17) is 4.74 Å². The number of carbonyl (C=O) groups is 1.